The molecule has 2 nitrogen and oxygen atoms in total. The fourth-order valence-electron chi connectivity index (χ4n) is 1.86. The van der Waals surface area contributed by atoms with Crippen molar-refractivity contribution in [3.05, 3.63) is 0 Å². The third-order valence-electron chi connectivity index (χ3n) is 3.35. The van der Waals surface area contributed by atoms with Gasteiger partial charge in [-0.2, -0.15) is 0 Å². The second-order valence-corrected chi connectivity index (χ2v) is 4.75. The lowest BCUT2D eigenvalue weighted by Crippen LogP contribution is -2.50. The maximum Gasteiger partial charge on any atom is 0.0576 e. The van der Waals surface area contributed by atoms with Gasteiger partial charge in [0.1, 0.15) is 0 Å². The number of nitrogens with one attached hydrogen (secondary N) is 1. The molecular formula is C12H24N2. The van der Waals surface area contributed by atoms with Crippen molar-refractivity contribution < 1.29 is 0 Å². The van der Waals surface area contributed by atoms with Crippen molar-refractivity contribution >= 4 is 6.21 Å². The average Bonchev–Trinajstić information content (AvgIpc) is 2.07. The van der Waals surface area contributed by atoms with E-state index in [0.29, 0.717) is 12.0 Å². The summed E-state index contributed by atoms with van der Waals surface area (Å²) >= 11 is 0. The molecule has 1 aliphatic rings. The van der Waals surface area contributed by atoms with Crippen LogP contribution in [0.2, 0.25) is 0 Å². The van der Waals surface area contributed by atoms with Crippen molar-refractivity contribution in [2.45, 2.75) is 40.2 Å². The molecule has 1 saturated heterocycles. The van der Waals surface area contributed by atoms with Crippen LogP contribution in [0.3, 0.4) is 0 Å². The van der Waals surface area contributed by atoms with Crippen molar-refractivity contribution in [2.75, 3.05) is 13.1 Å². The molecule has 2 unspecified atom stereocenters. The van der Waals surface area contributed by atoms with Crippen LogP contribution in [0.4, 0.5) is 0 Å². The summed E-state index contributed by atoms with van der Waals surface area (Å²) in [7, 11) is 0. The zero-order valence-corrected chi connectivity index (χ0v) is 9.96. The Morgan fingerprint density at radius 2 is 2.00 bits per heavy atom. The number of aliphatic imine (C=N–C) groups is 1. The lowest BCUT2D eigenvalue weighted by atomic mass is 9.80. The van der Waals surface area contributed by atoms with Crippen molar-refractivity contribution in [1.82, 2.24) is 5.32 Å². The molecule has 0 amide bonds. The minimum absolute atomic E-state index is 0.538. The molecule has 1 aliphatic heterocycles. The van der Waals surface area contributed by atoms with Crippen molar-refractivity contribution in [1.29, 1.82) is 0 Å². The molecule has 1 heterocycles. The normalized spacial score (nSPS) is 22.6. The first-order valence-electron chi connectivity index (χ1n) is 5.89. The summed E-state index contributed by atoms with van der Waals surface area (Å²) in [5.41, 5.74) is 0. The van der Waals surface area contributed by atoms with E-state index >= 15 is 0 Å². The predicted molar refractivity (Wildman–Crippen MR) is 62.9 cm³/mol. The molecule has 0 spiro atoms. The van der Waals surface area contributed by atoms with E-state index in [-0.39, 0.29) is 0 Å². The molecule has 0 bridgehead atoms. The summed E-state index contributed by atoms with van der Waals surface area (Å²) in [4.78, 5) is 4.72. The lowest BCUT2D eigenvalue weighted by molar-refractivity contribution is 0.210. The molecule has 0 radical (unpaired) electrons. The minimum Gasteiger partial charge on any atom is -0.316 e. The molecule has 0 saturated carbocycles. The molecular weight excluding hydrogens is 172 g/mol. The Labute approximate surface area is 88.2 Å². The number of nitrogens with zero attached hydrogens (tertiary/aromatic N) is 1. The van der Waals surface area contributed by atoms with Crippen LogP contribution in [0.15, 0.2) is 4.99 Å². The van der Waals surface area contributed by atoms with Crippen LogP contribution in [0.1, 0.15) is 34.1 Å². The topological polar surface area (TPSA) is 24.4 Å². The number of rotatable bonds is 5. The van der Waals surface area contributed by atoms with Crippen molar-refractivity contribution in [2.24, 2.45) is 22.7 Å². The maximum absolute atomic E-state index is 4.72. The highest BCUT2D eigenvalue weighted by Gasteiger charge is 2.31. The van der Waals surface area contributed by atoms with Gasteiger partial charge in [-0.3, -0.25) is 4.99 Å². The van der Waals surface area contributed by atoms with Crippen molar-refractivity contribution in [3.63, 3.8) is 0 Å². The van der Waals surface area contributed by atoms with E-state index in [1.807, 2.05) is 0 Å². The lowest BCUT2D eigenvalue weighted by Gasteiger charge is -2.37. The van der Waals surface area contributed by atoms with Crippen LogP contribution in [0.5, 0.6) is 0 Å². The van der Waals surface area contributed by atoms with E-state index in [4.69, 9.17) is 4.99 Å². The van der Waals surface area contributed by atoms with Gasteiger partial charge < -0.3 is 5.32 Å². The van der Waals surface area contributed by atoms with Gasteiger partial charge in [-0.25, -0.2) is 0 Å². The van der Waals surface area contributed by atoms with Gasteiger partial charge in [0.2, 0.25) is 0 Å². The molecule has 0 aromatic carbocycles. The fraction of sp³-hybridized carbons (Fsp3) is 0.917. The van der Waals surface area contributed by atoms with Crippen LogP contribution in [0.25, 0.3) is 0 Å². The van der Waals surface area contributed by atoms with Crippen LogP contribution in [-0.4, -0.2) is 25.3 Å². The summed E-state index contributed by atoms with van der Waals surface area (Å²) in [5, 5.41) is 3.34. The molecule has 1 rings (SSSR count). The largest absolute Gasteiger partial charge is 0.316 e. The Hall–Kier alpha value is -0.370. The van der Waals surface area contributed by atoms with E-state index in [1.165, 1.54) is 0 Å². The van der Waals surface area contributed by atoms with Crippen LogP contribution < -0.4 is 5.32 Å². The number of hydrogen-bond acceptors (Lipinski definition) is 2. The van der Waals surface area contributed by atoms with Crippen LogP contribution in [0, 0.1) is 17.8 Å². The summed E-state index contributed by atoms with van der Waals surface area (Å²) in [6.07, 6.45) is 3.14. The molecule has 0 aromatic rings. The minimum atomic E-state index is 0.538. The third-order valence-corrected chi connectivity index (χ3v) is 3.35. The second-order valence-electron chi connectivity index (χ2n) is 4.75. The molecule has 1 fully saturated rings. The Balaban J connectivity index is 2.55. The summed E-state index contributed by atoms with van der Waals surface area (Å²) in [6.45, 7) is 11.4. The first-order chi connectivity index (χ1) is 6.66. The van der Waals surface area contributed by atoms with Gasteiger partial charge >= 0.3 is 0 Å². The highest BCUT2D eigenvalue weighted by molar-refractivity contribution is 5.56. The average molecular weight is 196 g/mol. The molecule has 2 heteroatoms. The smallest absolute Gasteiger partial charge is 0.0576 e. The van der Waals surface area contributed by atoms with Gasteiger partial charge in [-0.15, -0.1) is 0 Å². The zero-order valence-electron chi connectivity index (χ0n) is 9.96. The van der Waals surface area contributed by atoms with Gasteiger partial charge in [0.25, 0.3) is 0 Å². The van der Waals surface area contributed by atoms with E-state index in [9.17, 15) is 0 Å². The second kappa shape index (κ2) is 5.50. The SMILES string of the molecule is CC/C=N\C(C1CNC1)C(C)C(C)C. The van der Waals surface area contributed by atoms with E-state index in [2.05, 4.69) is 39.2 Å². The van der Waals surface area contributed by atoms with Crippen molar-refractivity contribution in [3.8, 4) is 0 Å². The highest BCUT2D eigenvalue weighted by Crippen LogP contribution is 2.25. The standard InChI is InChI=1S/C12H24N2/c1-5-6-14-12(10(4)9(2)3)11-7-13-8-11/h6,9-13H,5,7-8H2,1-4H3/b14-6-. The van der Waals surface area contributed by atoms with Crippen LogP contribution >= 0.6 is 0 Å². The zero-order chi connectivity index (χ0) is 10.6. The molecule has 1 N–H and O–H groups in total. The monoisotopic (exact) mass is 196 g/mol. The summed E-state index contributed by atoms with van der Waals surface area (Å²) < 4.78 is 0. The Morgan fingerprint density at radius 3 is 2.36 bits per heavy atom. The highest BCUT2D eigenvalue weighted by atomic mass is 15.0. The van der Waals surface area contributed by atoms with Gasteiger partial charge in [0.05, 0.1) is 6.04 Å². The maximum atomic E-state index is 4.72. The van der Waals surface area contributed by atoms with Gasteiger partial charge in [-0.05, 0) is 24.5 Å². The first-order valence-corrected chi connectivity index (χ1v) is 5.89. The molecule has 82 valence electrons. The Bertz CT molecular complexity index is 183. The van der Waals surface area contributed by atoms with Gasteiger partial charge in [0.15, 0.2) is 0 Å². The number of hydrogen-bond donors (Lipinski definition) is 1. The van der Waals surface area contributed by atoms with Gasteiger partial charge in [0, 0.05) is 19.0 Å². The molecule has 14 heavy (non-hydrogen) atoms. The third kappa shape index (κ3) is 2.81. The Morgan fingerprint density at radius 1 is 1.36 bits per heavy atom. The first kappa shape index (κ1) is 11.7. The van der Waals surface area contributed by atoms with E-state index in [1.54, 1.807) is 0 Å². The molecule has 2 atom stereocenters. The van der Waals surface area contributed by atoms with E-state index in [0.717, 1.165) is 31.3 Å². The Kier molecular flexibility index (Phi) is 4.59. The van der Waals surface area contributed by atoms with E-state index < -0.39 is 0 Å². The quantitative estimate of drug-likeness (QED) is 0.671. The van der Waals surface area contributed by atoms with Crippen LogP contribution in [-0.2, 0) is 0 Å². The summed E-state index contributed by atoms with van der Waals surface area (Å²) in [5.74, 6) is 2.20. The summed E-state index contributed by atoms with van der Waals surface area (Å²) in [6, 6.07) is 0.538. The van der Waals surface area contributed by atoms with Gasteiger partial charge in [-0.1, -0.05) is 27.7 Å². The fourth-order valence-corrected chi connectivity index (χ4v) is 1.86. The molecule has 0 aliphatic carbocycles. The molecule has 0 aromatic heterocycles. The predicted octanol–water partition coefficient (Wildman–Crippen LogP) is 2.35.